The van der Waals surface area contributed by atoms with Crippen molar-refractivity contribution in [1.82, 2.24) is 9.88 Å². The predicted octanol–water partition coefficient (Wildman–Crippen LogP) is 2.24. The van der Waals surface area contributed by atoms with Crippen molar-refractivity contribution in [3.63, 3.8) is 0 Å². The van der Waals surface area contributed by atoms with Crippen LogP contribution in [0.5, 0.6) is 0 Å². The Hall–Kier alpha value is -2.15. The molecule has 0 saturated heterocycles. The molecule has 1 fully saturated rings. The van der Waals surface area contributed by atoms with Gasteiger partial charge in [0.25, 0.3) is 5.91 Å². The van der Waals surface area contributed by atoms with Crippen LogP contribution >= 0.6 is 11.3 Å². The first-order valence-electron chi connectivity index (χ1n) is 6.17. The summed E-state index contributed by atoms with van der Waals surface area (Å²) in [6, 6.07) is 3.79. The third kappa shape index (κ3) is 2.57. The smallest absolute Gasteiger partial charge is 0.355 e. The fourth-order valence-corrected chi connectivity index (χ4v) is 2.66. The summed E-state index contributed by atoms with van der Waals surface area (Å²) in [6.45, 7) is 0.387. The van der Waals surface area contributed by atoms with Gasteiger partial charge in [0.2, 0.25) is 0 Å². The van der Waals surface area contributed by atoms with Gasteiger partial charge in [-0.1, -0.05) is 0 Å². The molecule has 0 atom stereocenters. The molecule has 104 valence electrons. The lowest BCUT2D eigenvalue weighted by Gasteiger charge is -2.19. The summed E-state index contributed by atoms with van der Waals surface area (Å²) in [4.78, 5) is 28.8. The highest BCUT2D eigenvalue weighted by atomic mass is 32.1. The molecule has 2 aromatic heterocycles. The third-order valence-electron chi connectivity index (χ3n) is 3.06. The molecule has 7 heteroatoms. The number of hydrogen-bond acceptors (Lipinski definition) is 5. The van der Waals surface area contributed by atoms with Gasteiger partial charge in [0.1, 0.15) is 5.76 Å². The molecule has 0 bridgehead atoms. The highest BCUT2D eigenvalue weighted by Crippen LogP contribution is 2.30. The first kappa shape index (κ1) is 12.9. The molecule has 20 heavy (non-hydrogen) atoms. The van der Waals surface area contributed by atoms with Crippen LogP contribution in [0.3, 0.4) is 0 Å². The Morgan fingerprint density at radius 3 is 2.85 bits per heavy atom. The fraction of sp³-hybridized carbons (Fsp3) is 0.308. The van der Waals surface area contributed by atoms with Gasteiger partial charge in [0.05, 0.1) is 12.8 Å². The number of aromatic carboxylic acids is 1. The van der Waals surface area contributed by atoms with Gasteiger partial charge in [0.15, 0.2) is 10.7 Å². The molecule has 0 spiro atoms. The molecule has 0 aliphatic heterocycles. The zero-order chi connectivity index (χ0) is 14.1. The van der Waals surface area contributed by atoms with Crippen molar-refractivity contribution < 1.29 is 19.1 Å². The van der Waals surface area contributed by atoms with E-state index in [0.29, 0.717) is 12.3 Å². The van der Waals surface area contributed by atoms with Crippen LogP contribution in [0.4, 0.5) is 0 Å². The number of hydrogen-bond donors (Lipinski definition) is 1. The van der Waals surface area contributed by atoms with Gasteiger partial charge < -0.3 is 14.4 Å². The average molecular weight is 292 g/mol. The van der Waals surface area contributed by atoms with Crippen LogP contribution in [0.25, 0.3) is 0 Å². The van der Waals surface area contributed by atoms with E-state index in [0.717, 1.165) is 24.2 Å². The van der Waals surface area contributed by atoms with Gasteiger partial charge in [0, 0.05) is 11.4 Å². The van der Waals surface area contributed by atoms with Crippen molar-refractivity contribution in [2.45, 2.75) is 25.4 Å². The molecule has 0 aromatic carbocycles. The van der Waals surface area contributed by atoms with E-state index in [1.165, 1.54) is 5.38 Å². The Morgan fingerprint density at radius 1 is 1.50 bits per heavy atom. The van der Waals surface area contributed by atoms with E-state index in [1.54, 1.807) is 17.2 Å². The molecule has 0 unspecified atom stereocenters. The Morgan fingerprint density at radius 2 is 2.30 bits per heavy atom. The first-order valence-corrected chi connectivity index (χ1v) is 7.05. The second kappa shape index (κ2) is 5.09. The van der Waals surface area contributed by atoms with Crippen LogP contribution in [0.2, 0.25) is 0 Å². The number of carboxylic acid groups (broad SMARTS) is 1. The molecule has 2 aromatic rings. The summed E-state index contributed by atoms with van der Waals surface area (Å²) in [7, 11) is 0. The zero-order valence-corrected chi connectivity index (χ0v) is 11.3. The Kier molecular flexibility index (Phi) is 3.27. The van der Waals surface area contributed by atoms with Crippen molar-refractivity contribution in [3.05, 3.63) is 40.2 Å². The number of carboxylic acids is 1. The number of rotatable bonds is 5. The number of carbonyl (C=O) groups excluding carboxylic acids is 1. The van der Waals surface area contributed by atoms with Crippen molar-refractivity contribution in [2.24, 2.45) is 0 Å². The number of carbonyl (C=O) groups is 2. The lowest BCUT2D eigenvalue weighted by atomic mass is 10.3. The summed E-state index contributed by atoms with van der Waals surface area (Å²) in [5.74, 6) is -0.647. The summed E-state index contributed by atoms with van der Waals surface area (Å²) >= 11 is 1.06. The highest BCUT2D eigenvalue weighted by Gasteiger charge is 2.35. The van der Waals surface area contributed by atoms with E-state index in [1.807, 2.05) is 6.07 Å². The summed E-state index contributed by atoms with van der Waals surface area (Å²) < 4.78 is 5.27. The Bertz CT molecular complexity index is 631. The summed E-state index contributed by atoms with van der Waals surface area (Å²) in [6.07, 6.45) is 3.49. The highest BCUT2D eigenvalue weighted by molar-refractivity contribution is 7.11. The van der Waals surface area contributed by atoms with Gasteiger partial charge in [-0.2, -0.15) is 0 Å². The molecular weight excluding hydrogens is 280 g/mol. The second-order valence-corrected chi connectivity index (χ2v) is 5.44. The average Bonchev–Trinajstić information content (AvgIpc) is 2.95. The quantitative estimate of drug-likeness (QED) is 0.913. The fourth-order valence-electron chi connectivity index (χ4n) is 1.92. The zero-order valence-electron chi connectivity index (χ0n) is 10.5. The van der Waals surface area contributed by atoms with Crippen molar-refractivity contribution in [2.75, 3.05) is 0 Å². The van der Waals surface area contributed by atoms with Gasteiger partial charge in [-0.05, 0) is 25.0 Å². The molecule has 2 heterocycles. The van der Waals surface area contributed by atoms with E-state index in [-0.39, 0.29) is 22.7 Å². The van der Waals surface area contributed by atoms with E-state index in [4.69, 9.17) is 9.52 Å². The molecule has 1 aliphatic rings. The van der Waals surface area contributed by atoms with E-state index < -0.39 is 5.97 Å². The van der Waals surface area contributed by atoms with Crippen LogP contribution in [-0.4, -0.2) is 32.9 Å². The van der Waals surface area contributed by atoms with E-state index in [9.17, 15) is 9.59 Å². The lowest BCUT2D eigenvalue weighted by molar-refractivity contribution is 0.0690. The van der Waals surface area contributed by atoms with Crippen LogP contribution in [-0.2, 0) is 6.54 Å². The third-order valence-corrected chi connectivity index (χ3v) is 3.89. The van der Waals surface area contributed by atoms with Gasteiger partial charge >= 0.3 is 5.97 Å². The molecule has 3 rings (SSSR count). The van der Waals surface area contributed by atoms with Gasteiger partial charge in [-0.15, -0.1) is 11.3 Å². The SMILES string of the molecule is O=C(O)c1csc(C(=O)N(Cc2ccco2)C2CC2)n1. The standard InChI is InChI=1S/C13H12N2O4S/c16-12(11-14-10(7-20-11)13(17)18)15(8-3-4-8)6-9-2-1-5-19-9/h1-2,5,7-8H,3-4,6H2,(H,17,18). The number of amides is 1. The maximum atomic E-state index is 12.4. The van der Waals surface area contributed by atoms with Crippen LogP contribution < -0.4 is 0 Å². The maximum Gasteiger partial charge on any atom is 0.355 e. The van der Waals surface area contributed by atoms with Gasteiger partial charge in [-0.3, -0.25) is 4.79 Å². The topological polar surface area (TPSA) is 83.6 Å². The van der Waals surface area contributed by atoms with Crippen LogP contribution in [0.15, 0.2) is 28.2 Å². The Labute approximate surface area is 118 Å². The largest absolute Gasteiger partial charge is 0.476 e. The molecule has 1 aliphatic carbocycles. The molecule has 0 radical (unpaired) electrons. The van der Waals surface area contributed by atoms with E-state index >= 15 is 0 Å². The van der Waals surface area contributed by atoms with Crippen molar-refractivity contribution in [3.8, 4) is 0 Å². The number of furan rings is 1. The molecule has 1 saturated carbocycles. The minimum atomic E-state index is -1.12. The molecular formula is C13H12N2O4S. The predicted molar refractivity (Wildman–Crippen MR) is 70.7 cm³/mol. The summed E-state index contributed by atoms with van der Waals surface area (Å²) in [5.41, 5.74) is -0.0907. The molecule has 1 amide bonds. The normalized spacial score (nSPS) is 14.2. The van der Waals surface area contributed by atoms with E-state index in [2.05, 4.69) is 4.98 Å². The second-order valence-electron chi connectivity index (χ2n) is 4.59. The van der Waals surface area contributed by atoms with Crippen LogP contribution in [0, 0.1) is 0 Å². The minimum Gasteiger partial charge on any atom is -0.476 e. The van der Waals surface area contributed by atoms with Crippen molar-refractivity contribution >= 4 is 23.2 Å². The summed E-state index contributed by atoms with van der Waals surface area (Å²) in [5, 5.41) is 10.4. The Balaban J connectivity index is 1.79. The number of thiazole rings is 1. The number of aromatic nitrogens is 1. The maximum absolute atomic E-state index is 12.4. The minimum absolute atomic E-state index is 0.0907. The lowest BCUT2D eigenvalue weighted by Crippen LogP contribution is -2.32. The molecule has 6 nitrogen and oxygen atoms in total. The number of nitrogens with zero attached hydrogens (tertiary/aromatic N) is 2. The van der Waals surface area contributed by atoms with Crippen molar-refractivity contribution in [1.29, 1.82) is 0 Å². The monoisotopic (exact) mass is 292 g/mol. The van der Waals surface area contributed by atoms with Crippen LogP contribution in [0.1, 0.15) is 38.9 Å². The molecule has 1 N–H and O–H groups in total. The first-order chi connectivity index (χ1) is 9.65. The van der Waals surface area contributed by atoms with Gasteiger partial charge in [-0.25, -0.2) is 9.78 Å².